The summed E-state index contributed by atoms with van der Waals surface area (Å²) in [6.45, 7) is 4.65. The lowest BCUT2D eigenvalue weighted by Gasteiger charge is -2.30. The first-order valence-electron chi connectivity index (χ1n) is 10.4. The summed E-state index contributed by atoms with van der Waals surface area (Å²) >= 11 is 0. The van der Waals surface area contributed by atoms with Gasteiger partial charge >= 0.3 is 0 Å². The third kappa shape index (κ3) is 7.17. The van der Waals surface area contributed by atoms with Crippen molar-refractivity contribution < 1.29 is 22.7 Å². The standard InChI is InChI=1S/C23H32N2O5S/c1-5-22(23(26)24-16-8-10-18-9-7-11-21(17-18)29-3)25(31(4,27)28)19-12-14-20(15-13-19)30-6-2/h7,9,11-15,17,22H,5-6,8,10,16H2,1-4H3,(H,24,26)/t22-/m0/s1. The quantitative estimate of drug-likeness (QED) is 0.503. The fraction of sp³-hybridized carbons (Fsp3) is 0.435. The number of nitrogens with one attached hydrogen (secondary N) is 1. The van der Waals surface area contributed by atoms with Gasteiger partial charge in [0.05, 0.1) is 25.7 Å². The van der Waals surface area contributed by atoms with Gasteiger partial charge < -0.3 is 14.8 Å². The number of hydrogen-bond donors (Lipinski definition) is 1. The molecule has 0 aliphatic carbocycles. The molecule has 8 heteroatoms. The van der Waals surface area contributed by atoms with Crippen LogP contribution in [-0.4, -0.2) is 46.9 Å². The summed E-state index contributed by atoms with van der Waals surface area (Å²) in [5.41, 5.74) is 1.55. The Labute approximate surface area is 185 Å². The molecule has 0 heterocycles. The molecule has 1 amide bonds. The fourth-order valence-corrected chi connectivity index (χ4v) is 4.58. The lowest BCUT2D eigenvalue weighted by atomic mass is 10.1. The molecule has 31 heavy (non-hydrogen) atoms. The van der Waals surface area contributed by atoms with E-state index in [2.05, 4.69) is 5.32 Å². The second kappa shape index (κ2) is 11.6. The first kappa shape index (κ1) is 24.5. The monoisotopic (exact) mass is 448 g/mol. The lowest BCUT2D eigenvalue weighted by Crippen LogP contribution is -2.49. The van der Waals surface area contributed by atoms with Crippen LogP contribution in [0.3, 0.4) is 0 Å². The average Bonchev–Trinajstić information content (AvgIpc) is 2.75. The Morgan fingerprint density at radius 1 is 1.10 bits per heavy atom. The Morgan fingerprint density at radius 2 is 1.81 bits per heavy atom. The van der Waals surface area contributed by atoms with E-state index in [1.807, 2.05) is 31.2 Å². The maximum absolute atomic E-state index is 12.9. The maximum atomic E-state index is 12.9. The molecule has 0 bridgehead atoms. The van der Waals surface area contributed by atoms with Gasteiger partial charge in [0, 0.05) is 6.54 Å². The van der Waals surface area contributed by atoms with Gasteiger partial charge in [-0.2, -0.15) is 0 Å². The number of hydrogen-bond acceptors (Lipinski definition) is 5. The van der Waals surface area contributed by atoms with Crippen LogP contribution in [0.5, 0.6) is 11.5 Å². The van der Waals surface area contributed by atoms with E-state index in [4.69, 9.17) is 9.47 Å². The molecule has 1 atom stereocenters. The SMILES string of the molecule is CCOc1ccc(N([C@@H](CC)C(=O)NCCCc2cccc(OC)c2)S(C)(=O)=O)cc1. The molecule has 2 aromatic rings. The van der Waals surface area contributed by atoms with Crippen molar-refractivity contribution in [1.29, 1.82) is 0 Å². The van der Waals surface area contributed by atoms with Crippen LogP contribution in [0.25, 0.3) is 0 Å². The number of nitrogens with zero attached hydrogens (tertiary/aromatic N) is 1. The van der Waals surface area contributed by atoms with Crippen LogP contribution < -0.4 is 19.1 Å². The van der Waals surface area contributed by atoms with E-state index in [9.17, 15) is 13.2 Å². The number of carbonyl (C=O) groups is 1. The molecule has 0 aliphatic heterocycles. The van der Waals surface area contributed by atoms with E-state index >= 15 is 0 Å². The highest BCUT2D eigenvalue weighted by Crippen LogP contribution is 2.25. The third-order valence-corrected chi connectivity index (χ3v) is 5.99. The lowest BCUT2D eigenvalue weighted by molar-refractivity contribution is -0.122. The van der Waals surface area contributed by atoms with Crippen molar-refractivity contribution in [1.82, 2.24) is 5.32 Å². The predicted molar refractivity (Wildman–Crippen MR) is 123 cm³/mol. The molecule has 0 radical (unpaired) electrons. The van der Waals surface area contributed by atoms with Crippen molar-refractivity contribution in [2.24, 2.45) is 0 Å². The van der Waals surface area contributed by atoms with E-state index < -0.39 is 16.1 Å². The molecule has 2 aromatic carbocycles. The van der Waals surface area contributed by atoms with E-state index in [1.54, 1.807) is 38.3 Å². The van der Waals surface area contributed by atoms with Crippen LogP contribution in [0.15, 0.2) is 48.5 Å². The van der Waals surface area contributed by atoms with Crippen LogP contribution in [0.4, 0.5) is 5.69 Å². The second-order valence-corrected chi connectivity index (χ2v) is 9.02. The van der Waals surface area contributed by atoms with Crippen molar-refractivity contribution in [3.05, 3.63) is 54.1 Å². The number of amides is 1. The summed E-state index contributed by atoms with van der Waals surface area (Å²) in [6, 6.07) is 13.7. The minimum absolute atomic E-state index is 0.313. The summed E-state index contributed by atoms with van der Waals surface area (Å²) < 4.78 is 36.9. The number of benzene rings is 2. The zero-order valence-electron chi connectivity index (χ0n) is 18.6. The van der Waals surface area contributed by atoms with E-state index in [-0.39, 0.29) is 5.91 Å². The number of anilines is 1. The summed E-state index contributed by atoms with van der Waals surface area (Å²) in [7, 11) is -2.04. The molecule has 0 unspecified atom stereocenters. The normalized spacial score (nSPS) is 12.1. The summed E-state index contributed by atoms with van der Waals surface area (Å²) in [5, 5.41) is 2.89. The Bertz CT molecular complexity index is 945. The van der Waals surface area contributed by atoms with Gasteiger partial charge in [-0.25, -0.2) is 8.42 Å². The van der Waals surface area contributed by atoms with Crippen molar-refractivity contribution in [2.45, 2.75) is 39.2 Å². The molecule has 0 aromatic heterocycles. The number of rotatable bonds is 12. The van der Waals surface area contributed by atoms with Gasteiger partial charge in [-0.1, -0.05) is 19.1 Å². The van der Waals surface area contributed by atoms with Crippen LogP contribution in [0.2, 0.25) is 0 Å². The topological polar surface area (TPSA) is 84.9 Å². The molecule has 0 fully saturated rings. The van der Waals surface area contributed by atoms with Gasteiger partial charge in [0.15, 0.2) is 0 Å². The number of carbonyl (C=O) groups excluding carboxylic acids is 1. The van der Waals surface area contributed by atoms with Crippen molar-refractivity contribution in [3.63, 3.8) is 0 Å². The first-order valence-corrected chi connectivity index (χ1v) is 12.3. The molecule has 0 saturated carbocycles. The molecule has 1 N–H and O–H groups in total. The highest BCUT2D eigenvalue weighted by Gasteiger charge is 2.31. The zero-order chi connectivity index (χ0) is 22.9. The van der Waals surface area contributed by atoms with Crippen LogP contribution in [0, 0.1) is 0 Å². The highest BCUT2D eigenvalue weighted by molar-refractivity contribution is 7.92. The number of sulfonamides is 1. The van der Waals surface area contributed by atoms with Gasteiger partial charge in [-0.3, -0.25) is 9.10 Å². The first-order chi connectivity index (χ1) is 14.8. The van der Waals surface area contributed by atoms with Gasteiger partial charge in [-0.15, -0.1) is 0 Å². The van der Waals surface area contributed by atoms with E-state index in [1.165, 1.54) is 4.31 Å². The molecular weight excluding hydrogens is 416 g/mol. The van der Waals surface area contributed by atoms with Crippen LogP contribution in [0.1, 0.15) is 32.3 Å². The van der Waals surface area contributed by atoms with E-state index in [0.29, 0.717) is 31.0 Å². The molecule has 0 saturated heterocycles. The highest BCUT2D eigenvalue weighted by atomic mass is 32.2. The van der Waals surface area contributed by atoms with Crippen molar-refractivity contribution in [3.8, 4) is 11.5 Å². The Balaban J connectivity index is 2.04. The molecule has 170 valence electrons. The zero-order valence-corrected chi connectivity index (χ0v) is 19.4. The van der Waals surface area contributed by atoms with Gasteiger partial charge in [-0.05, 0) is 68.1 Å². The largest absolute Gasteiger partial charge is 0.497 e. The summed E-state index contributed by atoms with van der Waals surface area (Å²) in [5.74, 6) is 1.13. The number of ether oxygens (including phenoxy) is 2. The van der Waals surface area contributed by atoms with E-state index in [0.717, 1.165) is 30.4 Å². The fourth-order valence-electron chi connectivity index (χ4n) is 3.37. The van der Waals surface area contributed by atoms with Crippen molar-refractivity contribution >= 4 is 21.6 Å². The predicted octanol–water partition coefficient (Wildman–Crippen LogP) is 3.39. The number of aryl methyl sites for hydroxylation is 1. The van der Waals surface area contributed by atoms with Gasteiger partial charge in [0.1, 0.15) is 17.5 Å². The minimum atomic E-state index is -3.66. The molecule has 2 rings (SSSR count). The molecule has 7 nitrogen and oxygen atoms in total. The molecular formula is C23H32N2O5S. The Kier molecular flexibility index (Phi) is 9.18. The smallest absolute Gasteiger partial charge is 0.243 e. The third-order valence-electron chi connectivity index (χ3n) is 4.81. The van der Waals surface area contributed by atoms with Crippen LogP contribution >= 0.6 is 0 Å². The van der Waals surface area contributed by atoms with Gasteiger partial charge in [0.25, 0.3) is 0 Å². The molecule has 0 spiro atoms. The average molecular weight is 449 g/mol. The Hall–Kier alpha value is -2.74. The van der Waals surface area contributed by atoms with Gasteiger partial charge in [0.2, 0.25) is 15.9 Å². The van der Waals surface area contributed by atoms with Crippen LogP contribution in [-0.2, 0) is 21.2 Å². The summed E-state index contributed by atoms with van der Waals surface area (Å²) in [6.07, 6.45) is 2.98. The Morgan fingerprint density at radius 3 is 2.39 bits per heavy atom. The molecule has 0 aliphatic rings. The summed E-state index contributed by atoms with van der Waals surface area (Å²) in [4.78, 5) is 12.9. The number of methoxy groups -OCH3 is 1. The minimum Gasteiger partial charge on any atom is -0.497 e. The second-order valence-electron chi connectivity index (χ2n) is 7.16. The van der Waals surface area contributed by atoms with Crippen molar-refractivity contribution in [2.75, 3.05) is 30.8 Å². The maximum Gasteiger partial charge on any atom is 0.243 e.